The van der Waals surface area contributed by atoms with Crippen LogP contribution in [0.15, 0.2) is 24.3 Å². The SMILES string of the molecule is NC1CCN(CC(=O)NCCc2cccc(Cl)c2)CC1. The Morgan fingerprint density at radius 3 is 2.85 bits per heavy atom. The minimum absolute atomic E-state index is 0.0856. The Morgan fingerprint density at radius 1 is 1.40 bits per heavy atom. The molecule has 1 saturated heterocycles. The molecule has 1 heterocycles. The number of amides is 1. The van der Waals surface area contributed by atoms with Gasteiger partial charge in [0.05, 0.1) is 6.54 Å². The standard InChI is InChI=1S/C15H22ClN3O/c16-13-3-1-2-12(10-13)4-7-18-15(20)11-19-8-5-14(17)6-9-19/h1-3,10,14H,4-9,11,17H2,(H,18,20). The number of benzene rings is 1. The third-order valence-corrected chi connectivity index (χ3v) is 3.86. The van der Waals surface area contributed by atoms with E-state index in [-0.39, 0.29) is 5.91 Å². The van der Waals surface area contributed by atoms with Crippen molar-refractivity contribution < 1.29 is 4.79 Å². The second-order valence-electron chi connectivity index (χ2n) is 5.34. The van der Waals surface area contributed by atoms with Crippen LogP contribution in [0.5, 0.6) is 0 Å². The fourth-order valence-corrected chi connectivity index (χ4v) is 2.62. The lowest BCUT2D eigenvalue weighted by Crippen LogP contribution is -2.44. The topological polar surface area (TPSA) is 58.4 Å². The molecule has 1 aliphatic rings. The zero-order valence-electron chi connectivity index (χ0n) is 11.6. The van der Waals surface area contributed by atoms with Gasteiger partial charge < -0.3 is 11.1 Å². The van der Waals surface area contributed by atoms with Crippen molar-refractivity contribution in [3.05, 3.63) is 34.9 Å². The lowest BCUT2D eigenvalue weighted by atomic mass is 10.1. The molecule has 2 rings (SSSR count). The summed E-state index contributed by atoms with van der Waals surface area (Å²) in [6.07, 6.45) is 2.77. The summed E-state index contributed by atoms with van der Waals surface area (Å²) in [5.41, 5.74) is 6.99. The smallest absolute Gasteiger partial charge is 0.234 e. The molecule has 0 aromatic heterocycles. The van der Waals surface area contributed by atoms with Gasteiger partial charge in [0, 0.05) is 30.7 Å². The van der Waals surface area contributed by atoms with Gasteiger partial charge in [-0.05, 0) is 37.0 Å². The van der Waals surface area contributed by atoms with E-state index in [0.29, 0.717) is 19.1 Å². The Labute approximate surface area is 125 Å². The van der Waals surface area contributed by atoms with E-state index in [1.54, 1.807) is 0 Å². The van der Waals surface area contributed by atoms with Crippen LogP contribution < -0.4 is 11.1 Å². The molecule has 0 bridgehead atoms. The van der Waals surface area contributed by atoms with Gasteiger partial charge in [0.25, 0.3) is 0 Å². The molecule has 1 aliphatic heterocycles. The van der Waals surface area contributed by atoms with Crippen molar-refractivity contribution in [1.29, 1.82) is 0 Å². The van der Waals surface area contributed by atoms with Crippen LogP contribution in [0.2, 0.25) is 5.02 Å². The molecule has 5 heteroatoms. The molecule has 4 nitrogen and oxygen atoms in total. The first-order valence-corrected chi connectivity index (χ1v) is 7.50. The molecule has 1 aromatic carbocycles. The Bertz CT molecular complexity index is 444. The summed E-state index contributed by atoms with van der Waals surface area (Å²) in [5, 5.41) is 3.69. The van der Waals surface area contributed by atoms with E-state index in [9.17, 15) is 4.79 Å². The summed E-state index contributed by atoms with van der Waals surface area (Å²) in [6, 6.07) is 8.03. The third-order valence-electron chi connectivity index (χ3n) is 3.62. The molecule has 0 atom stereocenters. The number of carbonyl (C=O) groups is 1. The summed E-state index contributed by atoms with van der Waals surface area (Å²) in [5.74, 6) is 0.0856. The Morgan fingerprint density at radius 2 is 2.15 bits per heavy atom. The lowest BCUT2D eigenvalue weighted by molar-refractivity contribution is -0.122. The second-order valence-corrected chi connectivity index (χ2v) is 5.78. The Hall–Kier alpha value is -1.10. The van der Waals surface area contributed by atoms with Gasteiger partial charge in [-0.2, -0.15) is 0 Å². The zero-order valence-corrected chi connectivity index (χ0v) is 12.4. The van der Waals surface area contributed by atoms with Crippen LogP contribution in [-0.2, 0) is 11.2 Å². The second kappa shape index (κ2) is 7.62. The number of piperidine rings is 1. The van der Waals surface area contributed by atoms with Gasteiger partial charge in [-0.15, -0.1) is 0 Å². The highest BCUT2D eigenvalue weighted by Crippen LogP contribution is 2.10. The first kappa shape index (κ1) is 15.3. The average molecular weight is 296 g/mol. The van der Waals surface area contributed by atoms with E-state index in [4.69, 9.17) is 17.3 Å². The van der Waals surface area contributed by atoms with Crippen molar-refractivity contribution in [2.75, 3.05) is 26.2 Å². The van der Waals surface area contributed by atoms with Crippen molar-refractivity contribution in [2.45, 2.75) is 25.3 Å². The maximum Gasteiger partial charge on any atom is 0.234 e. The Balaban J connectivity index is 1.65. The molecule has 3 N–H and O–H groups in total. The molecule has 20 heavy (non-hydrogen) atoms. The molecule has 0 aliphatic carbocycles. The number of nitrogens with two attached hydrogens (primary N) is 1. The minimum atomic E-state index is 0.0856. The largest absolute Gasteiger partial charge is 0.355 e. The van der Waals surface area contributed by atoms with Gasteiger partial charge in [0.1, 0.15) is 0 Å². The van der Waals surface area contributed by atoms with Gasteiger partial charge >= 0.3 is 0 Å². The molecule has 0 unspecified atom stereocenters. The third kappa shape index (κ3) is 5.12. The van der Waals surface area contributed by atoms with E-state index < -0.39 is 0 Å². The van der Waals surface area contributed by atoms with E-state index in [2.05, 4.69) is 10.2 Å². The number of rotatable bonds is 5. The fourth-order valence-electron chi connectivity index (χ4n) is 2.41. The van der Waals surface area contributed by atoms with Crippen LogP contribution in [-0.4, -0.2) is 43.0 Å². The van der Waals surface area contributed by atoms with E-state index in [1.165, 1.54) is 0 Å². The van der Waals surface area contributed by atoms with Crippen LogP contribution in [0.3, 0.4) is 0 Å². The highest BCUT2D eigenvalue weighted by atomic mass is 35.5. The summed E-state index contributed by atoms with van der Waals surface area (Å²) in [4.78, 5) is 14.0. The number of halogens is 1. The fraction of sp³-hybridized carbons (Fsp3) is 0.533. The number of hydrogen-bond donors (Lipinski definition) is 2. The molecule has 0 saturated carbocycles. The highest BCUT2D eigenvalue weighted by molar-refractivity contribution is 6.30. The number of carbonyl (C=O) groups excluding carboxylic acids is 1. The van der Waals surface area contributed by atoms with Crippen LogP contribution in [0, 0.1) is 0 Å². The summed E-state index contributed by atoms with van der Waals surface area (Å²) in [6.45, 7) is 2.96. The van der Waals surface area contributed by atoms with Gasteiger partial charge in [-0.1, -0.05) is 23.7 Å². The van der Waals surface area contributed by atoms with Crippen molar-refractivity contribution in [1.82, 2.24) is 10.2 Å². The number of hydrogen-bond acceptors (Lipinski definition) is 3. The summed E-state index contributed by atoms with van der Waals surface area (Å²) >= 11 is 5.92. The van der Waals surface area contributed by atoms with Crippen molar-refractivity contribution in [2.24, 2.45) is 5.73 Å². The molecule has 1 fully saturated rings. The number of nitrogens with one attached hydrogen (secondary N) is 1. The van der Waals surface area contributed by atoms with Crippen LogP contribution >= 0.6 is 11.6 Å². The van der Waals surface area contributed by atoms with E-state index >= 15 is 0 Å². The molecular weight excluding hydrogens is 274 g/mol. The molecule has 1 aromatic rings. The zero-order chi connectivity index (χ0) is 14.4. The van der Waals surface area contributed by atoms with Gasteiger partial charge in [0.15, 0.2) is 0 Å². The molecular formula is C15H22ClN3O. The summed E-state index contributed by atoms with van der Waals surface area (Å²) in [7, 11) is 0. The van der Waals surface area contributed by atoms with Gasteiger partial charge in [-0.25, -0.2) is 0 Å². The molecule has 0 radical (unpaired) electrons. The van der Waals surface area contributed by atoms with Crippen LogP contribution in [0.1, 0.15) is 18.4 Å². The van der Waals surface area contributed by atoms with Crippen LogP contribution in [0.25, 0.3) is 0 Å². The summed E-state index contributed by atoms with van der Waals surface area (Å²) < 4.78 is 0. The van der Waals surface area contributed by atoms with Crippen molar-refractivity contribution in [3.63, 3.8) is 0 Å². The van der Waals surface area contributed by atoms with Gasteiger partial charge in [0.2, 0.25) is 5.91 Å². The Kier molecular flexibility index (Phi) is 5.83. The first-order chi connectivity index (χ1) is 9.63. The number of likely N-dealkylation sites (tertiary alicyclic amines) is 1. The predicted octanol–water partition coefficient (Wildman–Crippen LogP) is 1.42. The maximum absolute atomic E-state index is 11.8. The quantitative estimate of drug-likeness (QED) is 0.864. The van der Waals surface area contributed by atoms with Gasteiger partial charge in [-0.3, -0.25) is 9.69 Å². The van der Waals surface area contributed by atoms with Crippen molar-refractivity contribution in [3.8, 4) is 0 Å². The molecule has 110 valence electrons. The highest BCUT2D eigenvalue weighted by Gasteiger charge is 2.17. The van der Waals surface area contributed by atoms with Crippen LogP contribution in [0.4, 0.5) is 0 Å². The minimum Gasteiger partial charge on any atom is -0.355 e. The lowest BCUT2D eigenvalue weighted by Gasteiger charge is -2.29. The van der Waals surface area contributed by atoms with E-state index in [1.807, 2.05) is 24.3 Å². The first-order valence-electron chi connectivity index (χ1n) is 7.12. The molecule has 0 spiro atoms. The average Bonchev–Trinajstić information content (AvgIpc) is 2.41. The predicted molar refractivity (Wildman–Crippen MR) is 81.8 cm³/mol. The monoisotopic (exact) mass is 295 g/mol. The maximum atomic E-state index is 11.8. The van der Waals surface area contributed by atoms with Crippen molar-refractivity contribution >= 4 is 17.5 Å². The van der Waals surface area contributed by atoms with E-state index in [0.717, 1.165) is 42.9 Å². The molecule has 1 amide bonds. The number of nitrogens with zero attached hydrogens (tertiary/aromatic N) is 1. The normalized spacial score (nSPS) is 17.1.